The minimum atomic E-state index is 0.432. The van der Waals surface area contributed by atoms with E-state index in [2.05, 4.69) is 59.8 Å². The molecule has 0 saturated carbocycles. The van der Waals surface area contributed by atoms with Crippen molar-refractivity contribution in [2.24, 2.45) is 0 Å². The minimum absolute atomic E-state index is 0.432. The van der Waals surface area contributed by atoms with Crippen LogP contribution in [0, 0.1) is 5.41 Å². The van der Waals surface area contributed by atoms with Gasteiger partial charge in [-0.2, -0.15) is 4.98 Å². The number of aromatic nitrogens is 3. The first kappa shape index (κ1) is 20.1. The predicted molar refractivity (Wildman–Crippen MR) is 121 cm³/mol. The zero-order chi connectivity index (χ0) is 19.9. The van der Waals surface area contributed by atoms with E-state index in [1.165, 1.54) is 6.21 Å². The van der Waals surface area contributed by atoms with Crippen molar-refractivity contribution >= 4 is 62.9 Å². The van der Waals surface area contributed by atoms with Gasteiger partial charge >= 0.3 is 0 Å². The number of hydrogen-bond donors (Lipinski definition) is 4. The number of rotatable bonds is 8. The number of anilines is 5. The summed E-state index contributed by atoms with van der Waals surface area (Å²) >= 11 is 5.28. The lowest BCUT2D eigenvalue weighted by Gasteiger charge is -2.13. The van der Waals surface area contributed by atoms with Crippen LogP contribution in [0.1, 0.15) is 12.5 Å². The van der Waals surface area contributed by atoms with Gasteiger partial charge in [-0.25, -0.2) is 9.97 Å². The number of nitrogens with zero attached hydrogens (tertiary/aromatic N) is 3. The van der Waals surface area contributed by atoms with E-state index in [9.17, 15) is 0 Å². The molecule has 0 bridgehead atoms. The van der Waals surface area contributed by atoms with E-state index < -0.39 is 0 Å². The normalized spacial score (nSPS) is 10.4. The predicted octanol–water partition coefficient (Wildman–Crippen LogP) is 5.27. The Morgan fingerprint density at radius 3 is 2.71 bits per heavy atom. The standard InChI is InChI=1S/C19H20BrN7S/c1-3-28-16-7-5-4-6-15(16)26-18-14(20)11-24-19(27-18)25-13-8-12(9-21)17(22-2)23-10-13/h4-11,21H,3H2,1-2H3,(H,22,23)(H2,24,25,26,27). The number of halogens is 1. The zero-order valence-electron chi connectivity index (χ0n) is 15.5. The topological polar surface area (TPSA) is 98.6 Å². The Morgan fingerprint density at radius 2 is 1.96 bits per heavy atom. The summed E-state index contributed by atoms with van der Waals surface area (Å²) in [5.41, 5.74) is 2.37. The van der Waals surface area contributed by atoms with Gasteiger partial charge < -0.3 is 21.4 Å². The molecule has 0 aliphatic heterocycles. The van der Waals surface area contributed by atoms with E-state index in [4.69, 9.17) is 5.41 Å². The van der Waals surface area contributed by atoms with Gasteiger partial charge in [0.2, 0.25) is 5.95 Å². The van der Waals surface area contributed by atoms with Gasteiger partial charge in [0.05, 0.1) is 22.0 Å². The fourth-order valence-corrected chi connectivity index (χ4v) is 3.54. The Labute approximate surface area is 176 Å². The van der Waals surface area contributed by atoms with Gasteiger partial charge in [0.1, 0.15) is 11.6 Å². The van der Waals surface area contributed by atoms with Crippen LogP contribution in [0.15, 0.2) is 52.1 Å². The van der Waals surface area contributed by atoms with Gasteiger partial charge in [0, 0.05) is 29.9 Å². The first-order valence-electron chi connectivity index (χ1n) is 8.61. The first-order chi connectivity index (χ1) is 13.6. The largest absolute Gasteiger partial charge is 0.373 e. The van der Waals surface area contributed by atoms with Crippen LogP contribution in [0.25, 0.3) is 0 Å². The van der Waals surface area contributed by atoms with Crippen molar-refractivity contribution in [1.82, 2.24) is 15.0 Å². The Kier molecular flexibility index (Phi) is 6.83. The summed E-state index contributed by atoms with van der Waals surface area (Å²) in [6.07, 6.45) is 4.62. The number of pyridine rings is 1. The highest BCUT2D eigenvalue weighted by Crippen LogP contribution is 2.31. The van der Waals surface area contributed by atoms with E-state index in [-0.39, 0.29) is 0 Å². The summed E-state index contributed by atoms with van der Waals surface area (Å²) in [6.45, 7) is 2.12. The lowest BCUT2D eigenvalue weighted by atomic mass is 10.2. The van der Waals surface area contributed by atoms with Crippen molar-refractivity contribution in [1.29, 1.82) is 5.41 Å². The number of benzene rings is 1. The third kappa shape index (κ3) is 4.79. The van der Waals surface area contributed by atoms with Gasteiger partial charge in [-0.15, -0.1) is 11.8 Å². The number of thioether (sulfide) groups is 1. The molecule has 3 rings (SSSR count). The van der Waals surface area contributed by atoms with Crippen LogP contribution in [-0.4, -0.2) is 34.0 Å². The number of nitrogens with one attached hydrogen (secondary N) is 4. The first-order valence-corrected chi connectivity index (χ1v) is 10.4. The van der Waals surface area contributed by atoms with Crippen molar-refractivity contribution in [2.45, 2.75) is 11.8 Å². The highest BCUT2D eigenvalue weighted by molar-refractivity contribution is 9.10. The van der Waals surface area contributed by atoms with E-state index in [1.54, 1.807) is 31.2 Å². The van der Waals surface area contributed by atoms with E-state index in [0.29, 0.717) is 28.8 Å². The highest BCUT2D eigenvalue weighted by Gasteiger charge is 2.10. The smallest absolute Gasteiger partial charge is 0.229 e. The molecular weight excluding hydrogens is 438 g/mol. The molecule has 0 radical (unpaired) electrons. The molecule has 0 atom stereocenters. The molecule has 28 heavy (non-hydrogen) atoms. The van der Waals surface area contributed by atoms with Gasteiger partial charge in [-0.3, -0.25) is 0 Å². The molecule has 0 spiro atoms. The summed E-state index contributed by atoms with van der Waals surface area (Å²) in [4.78, 5) is 14.3. The van der Waals surface area contributed by atoms with Crippen LogP contribution in [0.4, 0.5) is 29.0 Å². The van der Waals surface area contributed by atoms with Crippen LogP contribution in [0.3, 0.4) is 0 Å². The molecule has 0 fully saturated rings. The molecule has 0 aliphatic rings. The fraction of sp³-hybridized carbons (Fsp3) is 0.158. The number of para-hydroxylation sites is 1. The Morgan fingerprint density at radius 1 is 1.14 bits per heavy atom. The van der Waals surface area contributed by atoms with Crippen LogP contribution in [-0.2, 0) is 0 Å². The molecule has 144 valence electrons. The average molecular weight is 458 g/mol. The maximum Gasteiger partial charge on any atom is 0.229 e. The zero-order valence-corrected chi connectivity index (χ0v) is 17.9. The second-order valence-corrected chi connectivity index (χ2v) is 7.79. The molecule has 2 aromatic heterocycles. The number of hydrogen-bond acceptors (Lipinski definition) is 8. The monoisotopic (exact) mass is 457 g/mol. The summed E-state index contributed by atoms with van der Waals surface area (Å²) in [5.74, 6) is 2.72. The summed E-state index contributed by atoms with van der Waals surface area (Å²) in [6, 6.07) is 9.94. The van der Waals surface area contributed by atoms with Gasteiger partial charge in [0.15, 0.2) is 0 Å². The van der Waals surface area contributed by atoms with Crippen LogP contribution < -0.4 is 16.0 Å². The molecule has 7 nitrogen and oxygen atoms in total. The Hall–Kier alpha value is -2.65. The van der Waals surface area contributed by atoms with Gasteiger partial charge in [0.25, 0.3) is 0 Å². The van der Waals surface area contributed by atoms with Crippen molar-refractivity contribution in [3.05, 3.63) is 52.8 Å². The van der Waals surface area contributed by atoms with Crippen molar-refractivity contribution in [3.8, 4) is 0 Å². The average Bonchev–Trinajstić information content (AvgIpc) is 2.72. The highest BCUT2D eigenvalue weighted by atomic mass is 79.9. The molecule has 0 aliphatic carbocycles. The van der Waals surface area contributed by atoms with E-state index in [1.807, 2.05) is 24.3 Å². The van der Waals surface area contributed by atoms with Gasteiger partial charge in [-0.1, -0.05) is 19.1 Å². The minimum Gasteiger partial charge on any atom is -0.373 e. The molecule has 0 saturated heterocycles. The lowest BCUT2D eigenvalue weighted by Crippen LogP contribution is -2.04. The fourth-order valence-electron chi connectivity index (χ4n) is 2.49. The molecule has 9 heteroatoms. The summed E-state index contributed by atoms with van der Waals surface area (Å²) in [5, 5.41) is 17.0. The van der Waals surface area contributed by atoms with Crippen molar-refractivity contribution in [3.63, 3.8) is 0 Å². The third-order valence-corrected chi connectivity index (χ3v) is 5.29. The molecule has 1 aromatic carbocycles. The Balaban J connectivity index is 1.85. The second-order valence-electron chi connectivity index (χ2n) is 5.63. The van der Waals surface area contributed by atoms with Crippen LogP contribution >= 0.6 is 27.7 Å². The van der Waals surface area contributed by atoms with E-state index in [0.717, 1.165) is 20.8 Å². The Bertz CT molecular complexity index is 980. The molecule has 2 heterocycles. The lowest BCUT2D eigenvalue weighted by molar-refractivity contribution is 1.14. The van der Waals surface area contributed by atoms with Gasteiger partial charge in [-0.05, 0) is 39.9 Å². The molecule has 0 amide bonds. The maximum atomic E-state index is 7.52. The SMILES string of the molecule is CCSc1ccccc1Nc1nc(Nc2cnc(NC)c(C=N)c2)ncc1Br. The summed E-state index contributed by atoms with van der Waals surface area (Å²) < 4.78 is 0.762. The van der Waals surface area contributed by atoms with Crippen molar-refractivity contribution < 1.29 is 0 Å². The second kappa shape index (κ2) is 9.52. The molecule has 3 aromatic rings. The molecule has 0 unspecified atom stereocenters. The van der Waals surface area contributed by atoms with Crippen LogP contribution in [0.5, 0.6) is 0 Å². The molecule has 4 N–H and O–H groups in total. The molecular formula is C19H20BrN7S. The summed E-state index contributed by atoms with van der Waals surface area (Å²) in [7, 11) is 1.77. The van der Waals surface area contributed by atoms with Crippen molar-refractivity contribution in [2.75, 3.05) is 28.8 Å². The quantitative estimate of drug-likeness (QED) is 0.270. The maximum absolute atomic E-state index is 7.52. The van der Waals surface area contributed by atoms with Crippen LogP contribution in [0.2, 0.25) is 0 Å². The van der Waals surface area contributed by atoms with E-state index >= 15 is 0 Å². The third-order valence-electron chi connectivity index (χ3n) is 3.75.